The van der Waals surface area contributed by atoms with Crippen LogP contribution in [0, 0.1) is 0 Å². The summed E-state index contributed by atoms with van der Waals surface area (Å²) >= 11 is 0. The Morgan fingerprint density at radius 3 is 2.06 bits per heavy atom. The van der Waals surface area contributed by atoms with Gasteiger partial charge in [0.05, 0.1) is 5.71 Å². The molecule has 1 N–H and O–H groups in total. The van der Waals surface area contributed by atoms with Crippen LogP contribution in [0.5, 0.6) is 0 Å². The SMILES string of the molecule is CCC(C(=NO)c1ccccc1)c1ccccc1. The number of benzene rings is 2. The minimum atomic E-state index is 0.124. The highest BCUT2D eigenvalue weighted by Crippen LogP contribution is 2.24. The highest BCUT2D eigenvalue weighted by molar-refractivity contribution is 6.04. The molecular formula is C16H17NO. The average Bonchev–Trinajstić information content (AvgIpc) is 2.46. The number of hydrogen-bond donors (Lipinski definition) is 1. The minimum absolute atomic E-state index is 0.124. The minimum Gasteiger partial charge on any atom is -0.411 e. The van der Waals surface area contributed by atoms with Crippen molar-refractivity contribution in [3.63, 3.8) is 0 Å². The van der Waals surface area contributed by atoms with Crippen molar-refractivity contribution in [3.8, 4) is 0 Å². The van der Waals surface area contributed by atoms with E-state index in [1.165, 1.54) is 5.56 Å². The lowest BCUT2D eigenvalue weighted by Crippen LogP contribution is -2.13. The molecule has 2 nitrogen and oxygen atoms in total. The molecule has 2 heteroatoms. The summed E-state index contributed by atoms with van der Waals surface area (Å²) in [7, 11) is 0. The zero-order valence-corrected chi connectivity index (χ0v) is 10.5. The molecule has 0 aliphatic carbocycles. The molecule has 92 valence electrons. The summed E-state index contributed by atoms with van der Waals surface area (Å²) in [4.78, 5) is 0. The fourth-order valence-corrected chi connectivity index (χ4v) is 2.21. The molecular weight excluding hydrogens is 222 g/mol. The van der Waals surface area contributed by atoms with Gasteiger partial charge in [-0.1, -0.05) is 72.7 Å². The normalized spacial score (nSPS) is 13.3. The van der Waals surface area contributed by atoms with Gasteiger partial charge in [-0.2, -0.15) is 0 Å². The Morgan fingerprint density at radius 1 is 1.00 bits per heavy atom. The van der Waals surface area contributed by atoms with Gasteiger partial charge in [-0.15, -0.1) is 0 Å². The maximum Gasteiger partial charge on any atom is 0.0942 e. The van der Waals surface area contributed by atoms with E-state index in [0.717, 1.165) is 17.7 Å². The third-order valence-electron chi connectivity index (χ3n) is 3.12. The van der Waals surface area contributed by atoms with Crippen molar-refractivity contribution < 1.29 is 5.21 Å². The predicted molar refractivity (Wildman–Crippen MR) is 74.2 cm³/mol. The molecule has 0 radical (unpaired) electrons. The fraction of sp³-hybridized carbons (Fsp3) is 0.188. The van der Waals surface area contributed by atoms with Crippen LogP contribution in [0.15, 0.2) is 65.8 Å². The molecule has 0 saturated carbocycles. The van der Waals surface area contributed by atoms with Crippen LogP contribution < -0.4 is 0 Å². The maximum atomic E-state index is 9.33. The van der Waals surface area contributed by atoms with E-state index in [1.54, 1.807) is 0 Å². The van der Waals surface area contributed by atoms with Crippen molar-refractivity contribution in [2.75, 3.05) is 0 Å². The van der Waals surface area contributed by atoms with Crippen LogP contribution in [0.25, 0.3) is 0 Å². The van der Waals surface area contributed by atoms with Crippen molar-refractivity contribution in [2.24, 2.45) is 5.16 Å². The molecule has 0 aliphatic heterocycles. The van der Waals surface area contributed by atoms with Gasteiger partial charge in [0.15, 0.2) is 0 Å². The molecule has 2 aromatic rings. The topological polar surface area (TPSA) is 32.6 Å². The quantitative estimate of drug-likeness (QED) is 0.487. The lowest BCUT2D eigenvalue weighted by atomic mass is 9.88. The number of hydrogen-bond acceptors (Lipinski definition) is 2. The first kappa shape index (κ1) is 12.4. The Labute approximate surface area is 108 Å². The molecule has 0 amide bonds. The third kappa shape index (κ3) is 2.59. The van der Waals surface area contributed by atoms with E-state index < -0.39 is 0 Å². The van der Waals surface area contributed by atoms with Crippen molar-refractivity contribution in [1.82, 2.24) is 0 Å². The number of nitrogens with zero attached hydrogens (tertiary/aromatic N) is 1. The van der Waals surface area contributed by atoms with Gasteiger partial charge in [0.1, 0.15) is 0 Å². The largest absolute Gasteiger partial charge is 0.411 e. The van der Waals surface area contributed by atoms with Crippen LogP contribution in [0.4, 0.5) is 0 Å². The summed E-state index contributed by atoms with van der Waals surface area (Å²) in [5, 5.41) is 12.9. The first-order chi connectivity index (χ1) is 8.86. The van der Waals surface area contributed by atoms with Gasteiger partial charge in [0, 0.05) is 5.92 Å². The third-order valence-corrected chi connectivity index (χ3v) is 3.12. The van der Waals surface area contributed by atoms with E-state index in [-0.39, 0.29) is 5.92 Å². The number of rotatable bonds is 4. The van der Waals surface area contributed by atoms with E-state index in [0.29, 0.717) is 0 Å². The van der Waals surface area contributed by atoms with E-state index in [4.69, 9.17) is 0 Å². The molecule has 0 saturated heterocycles. The summed E-state index contributed by atoms with van der Waals surface area (Å²) in [5.74, 6) is 0.124. The van der Waals surface area contributed by atoms with Crippen LogP contribution in [0.3, 0.4) is 0 Å². The lowest BCUT2D eigenvalue weighted by Gasteiger charge is -2.17. The van der Waals surface area contributed by atoms with Crippen molar-refractivity contribution in [1.29, 1.82) is 0 Å². The molecule has 0 aliphatic rings. The molecule has 2 aromatic carbocycles. The summed E-state index contributed by atoms with van der Waals surface area (Å²) in [6.45, 7) is 2.10. The standard InChI is InChI=1S/C16H17NO/c1-2-15(13-9-5-3-6-10-13)16(17-18)14-11-7-4-8-12-14/h3-12,15,18H,2H2,1H3. The van der Waals surface area contributed by atoms with Crippen LogP contribution >= 0.6 is 0 Å². The predicted octanol–water partition coefficient (Wildman–Crippen LogP) is 4.06. The van der Waals surface area contributed by atoms with Gasteiger partial charge in [-0.05, 0) is 17.5 Å². The van der Waals surface area contributed by atoms with Crippen LogP contribution in [-0.4, -0.2) is 10.9 Å². The maximum absolute atomic E-state index is 9.33. The van der Waals surface area contributed by atoms with E-state index in [1.807, 2.05) is 48.5 Å². The zero-order valence-electron chi connectivity index (χ0n) is 10.5. The Bertz CT molecular complexity index is 505. The van der Waals surface area contributed by atoms with Crippen LogP contribution in [0.1, 0.15) is 30.4 Å². The Kier molecular flexibility index (Phi) is 4.13. The van der Waals surface area contributed by atoms with Gasteiger partial charge in [-0.25, -0.2) is 0 Å². The zero-order chi connectivity index (χ0) is 12.8. The first-order valence-electron chi connectivity index (χ1n) is 6.19. The summed E-state index contributed by atoms with van der Waals surface area (Å²) < 4.78 is 0. The highest BCUT2D eigenvalue weighted by Gasteiger charge is 2.18. The second-order valence-corrected chi connectivity index (χ2v) is 4.22. The molecule has 18 heavy (non-hydrogen) atoms. The Hall–Kier alpha value is -2.09. The molecule has 0 spiro atoms. The van der Waals surface area contributed by atoms with Gasteiger partial charge in [-0.3, -0.25) is 0 Å². The number of oxime groups is 1. The molecule has 1 unspecified atom stereocenters. The second-order valence-electron chi connectivity index (χ2n) is 4.22. The second kappa shape index (κ2) is 6.01. The summed E-state index contributed by atoms with van der Waals surface area (Å²) in [5.41, 5.74) is 2.87. The lowest BCUT2D eigenvalue weighted by molar-refractivity contribution is 0.317. The van der Waals surface area contributed by atoms with E-state index in [2.05, 4.69) is 24.2 Å². The molecule has 1 atom stereocenters. The smallest absolute Gasteiger partial charge is 0.0942 e. The summed E-state index contributed by atoms with van der Waals surface area (Å²) in [6, 6.07) is 20.0. The first-order valence-corrected chi connectivity index (χ1v) is 6.19. The van der Waals surface area contributed by atoms with Crippen LogP contribution in [-0.2, 0) is 0 Å². The van der Waals surface area contributed by atoms with Crippen molar-refractivity contribution in [3.05, 3.63) is 71.8 Å². The van der Waals surface area contributed by atoms with Gasteiger partial charge in [0.2, 0.25) is 0 Å². The molecule has 0 heterocycles. The molecule has 0 bridgehead atoms. The molecule has 2 rings (SSSR count). The monoisotopic (exact) mass is 239 g/mol. The van der Waals surface area contributed by atoms with Gasteiger partial charge < -0.3 is 5.21 Å². The average molecular weight is 239 g/mol. The highest BCUT2D eigenvalue weighted by atomic mass is 16.4. The summed E-state index contributed by atoms with van der Waals surface area (Å²) in [6.07, 6.45) is 0.901. The van der Waals surface area contributed by atoms with Gasteiger partial charge >= 0.3 is 0 Å². The van der Waals surface area contributed by atoms with Crippen LogP contribution in [0.2, 0.25) is 0 Å². The fourth-order valence-electron chi connectivity index (χ4n) is 2.21. The van der Waals surface area contributed by atoms with Crippen molar-refractivity contribution >= 4 is 5.71 Å². The van der Waals surface area contributed by atoms with Crippen molar-refractivity contribution in [2.45, 2.75) is 19.3 Å². The Balaban J connectivity index is 2.38. The van der Waals surface area contributed by atoms with E-state index >= 15 is 0 Å². The Morgan fingerprint density at radius 2 is 1.56 bits per heavy atom. The van der Waals surface area contributed by atoms with Gasteiger partial charge in [0.25, 0.3) is 0 Å². The molecule has 0 fully saturated rings. The van der Waals surface area contributed by atoms with E-state index in [9.17, 15) is 5.21 Å². The molecule has 0 aromatic heterocycles.